The van der Waals surface area contributed by atoms with Crippen molar-refractivity contribution >= 4 is 46.4 Å². The summed E-state index contributed by atoms with van der Waals surface area (Å²) in [6.45, 7) is 2.43. The van der Waals surface area contributed by atoms with Gasteiger partial charge in [-0.1, -0.05) is 17.7 Å². The number of imide groups is 1. The van der Waals surface area contributed by atoms with Crippen LogP contribution in [0, 0.1) is 28.9 Å². The average molecular weight is 467 g/mol. The lowest BCUT2D eigenvalue weighted by molar-refractivity contribution is -0.384. The van der Waals surface area contributed by atoms with Gasteiger partial charge in [-0.05, 0) is 50.1 Å². The first-order valence-electron chi connectivity index (χ1n) is 10.8. The molecule has 33 heavy (non-hydrogen) atoms. The molecule has 168 valence electrons. The van der Waals surface area contributed by atoms with Gasteiger partial charge in [-0.15, -0.1) is 0 Å². The Labute approximate surface area is 193 Å². The fourth-order valence-corrected chi connectivity index (χ4v) is 6.71. The Bertz CT molecular complexity index is 1300. The van der Waals surface area contributed by atoms with E-state index < -0.39 is 34.1 Å². The first-order chi connectivity index (χ1) is 15.8. The number of rotatable bonds is 2. The Morgan fingerprint density at radius 3 is 2.73 bits per heavy atom. The van der Waals surface area contributed by atoms with Crippen molar-refractivity contribution in [2.75, 3.05) is 16.8 Å². The van der Waals surface area contributed by atoms with E-state index in [1.807, 2.05) is 11.8 Å². The Hall–Kier alpha value is -3.30. The fourth-order valence-electron chi connectivity index (χ4n) is 6.44. The number of carbonyl (C=O) groups is 3. The van der Waals surface area contributed by atoms with E-state index in [9.17, 15) is 24.5 Å². The largest absolute Gasteiger partial charge is 0.324 e. The second-order valence-corrected chi connectivity index (χ2v) is 9.50. The van der Waals surface area contributed by atoms with Gasteiger partial charge in [-0.25, -0.2) is 4.90 Å². The van der Waals surface area contributed by atoms with E-state index >= 15 is 0 Å². The van der Waals surface area contributed by atoms with E-state index in [0.717, 1.165) is 16.9 Å². The maximum absolute atomic E-state index is 13.9. The average Bonchev–Trinajstić information content (AvgIpc) is 3.47. The summed E-state index contributed by atoms with van der Waals surface area (Å²) in [6, 6.07) is 8.68. The van der Waals surface area contributed by atoms with Crippen LogP contribution < -0.4 is 10.2 Å². The van der Waals surface area contributed by atoms with E-state index in [1.165, 1.54) is 24.3 Å². The molecular weight excluding hydrogens is 448 g/mol. The van der Waals surface area contributed by atoms with Gasteiger partial charge in [0.2, 0.25) is 17.7 Å². The number of non-ortho nitro benzene ring substituents is 1. The number of carbonyl (C=O) groups excluding carboxylic acids is 3. The normalized spacial score (nSPS) is 30.1. The number of amides is 3. The van der Waals surface area contributed by atoms with Crippen molar-refractivity contribution in [3.63, 3.8) is 0 Å². The summed E-state index contributed by atoms with van der Waals surface area (Å²) >= 11 is 6.38. The first kappa shape index (κ1) is 20.3. The molecule has 4 aliphatic rings. The molecule has 0 aliphatic carbocycles. The molecule has 6 rings (SSSR count). The summed E-state index contributed by atoms with van der Waals surface area (Å²) in [6.07, 6.45) is 1.49. The highest BCUT2D eigenvalue weighted by Crippen LogP contribution is 2.61. The molecule has 4 aliphatic heterocycles. The second kappa shape index (κ2) is 6.61. The predicted octanol–water partition coefficient (Wildman–Crippen LogP) is 2.99. The van der Waals surface area contributed by atoms with Gasteiger partial charge in [0.1, 0.15) is 5.54 Å². The molecular formula is C23H19ClN4O5. The highest BCUT2D eigenvalue weighted by Gasteiger charge is 2.74. The number of fused-ring (bicyclic) bond motifs is 7. The van der Waals surface area contributed by atoms with Crippen molar-refractivity contribution in [1.82, 2.24) is 4.90 Å². The predicted molar refractivity (Wildman–Crippen MR) is 119 cm³/mol. The zero-order valence-corrected chi connectivity index (χ0v) is 18.3. The maximum Gasteiger partial charge on any atom is 0.271 e. The first-order valence-corrected chi connectivity index (χ1v) is 11.2. The van der Waals surface area contributed by atoms with Gasteiger partial charge in [0.05, 0.1) is 22.4 Å². The van der Waals surface area contributed by atoms with E-state index in [-0.39, 0.29) is 23.3 Å². The number of hydrogen-bond donors (Lipinski definition) is 1. The molecule has 9 nitrogen and oxygen atoms in total. The van der Waals surface area contributed by atoms with Crippen LogP contribution in [0.25, 0.3) is 0 Å². The number of halogens is 1. The molecule has 0 bridgehead atoms. The summed E-state index contributed by atoms with van der Waals surface area (Å²) in [5.74, 6) is -2.91. The third-order valence-corrected chi connectivity index (χ3v) is 7.78. The SMILES string of the molecule is Cc1cc(Cl)cc2c1NC(=O)[C@]21[C@@H]2C(=O)N(c3cccc([N+](=O)[O-])c3)C(=O)[C@@H]2[C@H]2CCCN21. The van der Waals surface area contributed by atoms with Crippen LogP contribution in [-0.4, -0.2) is 40.1 Å². The summed E-state index contributed by atoms with van der Waals surface area (Å²) in [5, 5.41) is 14.7. The van der Waals surface area contributed by atoms with Crippen LogP contribution in [0.1, 0.15) is 24.0 Å². The molecule has 2 aromatic carbocycles. The number of nitrogens with zero attached hydrogens (tertiary/aromatic N) is 3. The van der Waals surface area contributed by atoms with Crippen LogP contribution in [0.4, 0.5) is 17.1 Å². The summed E-state index contributed by atoms with van der Waals surface area (Å²) in [7, 11) is 0. The zero-order valence-electron chi connectivity index (χ0n) is 17.6. The number of nitro groups is 1. The van der Waals surface area contributed by atoms with E-state index in [0.29, 0.717) is 29.2 Å². The molecule has 3 fully saturated rings. The molecule has 3 saturated heterocycles. The smallest absolute Gasteiger partial charge is 0.271 e. The zero-order chi connectivity index (χ0) is 23.2. The number of nitrogens with one attached hydrogen (secondary N) is 1. The van der Waals surface area contributed by atoms with E-state index in [4.69, 9.17) is 11.6 Å². The number of hydrogen-bond acceptors (Lipinski definition) is 6. The lowest BCUT2D eigenvalue weighted by atomic mass is 9.75. The Kier molecular flexibility index (Phi) is 4.07. The van der Waals surface area contributed by atoms with Gasteiger partial charge in [0.15, 0.2) is 0 Å². The van der Waals surface area contributed by atoms with Crippen molar-refractivity contribution in [1.29, 1.82) is 0 Å². The summed E-state index contributed by atoms with van der Waals surface area (Å²) < 4.78 is 0. The van der Waals surface area contributed by atoms with Crippen LogP contribution in [0.3, 0.4) is 0 Å². The van der Waals surface area contributed by atoms with Crippen LogP contribution >= 0.6 is 11.6 Å². The molecule has 1 N–H and O–H groups in total. The second-order valence-electron chi connectivity index (χ2n) is 9.06. The van der Waals surface area contributed by atoms with Gasteiger partial charge >= 0.3 is 0 Å². The van der Waals surface area contributed by atoms with Crippen LogP contribution in [0.2, 0.25) is 5.02 Å². The number of aryl methyl sites for hydroxylation is 1. The maximum atomic E-state index is 13.9. The fraction of sp³-hybridized carbons (Fsp3) is 0.348. The molecule has 3 amide bonds. The van der Waals surface area contributed by atoms with E-state index in [1.54, 1.807) is 12.1 Å². The standard InChI is InChI=1S/C23H19ClN4O5/c1-11-8-12(24)9-15-19(11)25-22(31)23(15)18-17(16-6-3-7-26(16)23)20(29)27(21(18)30)13-4-2-5-14(10-13)28(32)33/h2,4-5,8-10,16-18H,3,6-7H2,1H3,(H,25,31)/t16-,17-,18+,23-/m1/s1. The molecule has 0 saturated carbocycles. The molecule has 10 heteroatoms. The van der Waals surface area contributed by atoms with Crippen molar-refractivity contribution in [3.8, 4) is 0 Å². The van der Waals surface area contributed by atoms with Gasteiger partial charge in [-0.2, -0.15) is 0 Å². The topological polar surface area (TPSA) is 113 Å². The number of anilines is 2. The highest BCUT2D eigenvalue weighted by atomic mass is 35.5. The van der Waals surface area contributed by atoms with Gasteiger partial charge < -0.3 is 5.32 Å². The molecule has 0 radical (unpaired) electrons. The van der Waals surface area contributed by atoms with Gasteiger partial charge in [-0.3, -0.25) is 29.4 Å². The Morgan fingerprint density at radius 1 is 1.18 bits per heavy atom. The molecule has 1 spiro atoms. The van der Waals surface area contributed by atoms with Crippen LogP contribution in [-0.2, 0) is 19.9 Å². The minimum Gasteiger partial charge on any atom is -0.324 e. The highest BCUT2D eigenvalue weighted by molar-refractivity contribution is 6.31. The molecule has 2 aromatic rings. The molecule has 4 atom stereocenters. The number of nitro benzene ring substituents is 1. The van der Waals surface area contributed by atoms with Crippen LogP contribution in [0.5, 0.6) is 0 Å². The summed E-state index contributed by atoms with van der Waals surface area (Å²) in [4.78, 5) is 55.0. The van der Waals surface area contributed by atoms with Crippen molar-refractivity contribution < 1.29 is 19.3 Å². The quantitative estimate of drug-likeness (QED) is 0.413. The van der Waals surface area contributed by atoms with Crippen molar-refractivity contribution in [2.45, 2.75) is 31.3 Å². The van der Waals surface area contributed by atoms with Crippen LogP contribution in [0.15, 0.2) is 36.4 Å². The van der Waals surface area contributed by atoms with Crippen molar-refractivity contribution in [3.05, 3.63) is 62.7 Å². The minimum absolute atomic E-state index is 0.147. The number of benzene rings is 2. The summed E-state index contributed by atoms with van der Waals surface area (Å²) in [5.41, 5.74) is 0.639. The molecule has 0 unspecified atom stereocenters. The minimum atomic E-state index is -1.33. The van der Waals surface area contributed by atoms with Crippen molar-refractivity contribution in [2.24, 2.45) is 11.8 Å². The third kappa shape index (κ3) is 2.38. The Morgan fingerprint density at radius 2 is 1.97 bits per heavy atom. The molecule has 0 aromatic heterocycles. The van der Waals surface area contributed by atoms with E-state index in [2.05, 4.69) is 5.32 Å². The molecule has 4 heterocycles. The lowest BCUT2D eigenvalue weighted by Gasteiger charge is -2.36. The van der Waals surface area contributed by atoms with Gasteiger partial charge in [0, 0.05) is 34.4 Å². The monoisotopic (exact) mass is 466 g/mol. The Balaban J connectivity index is 1.55. The third-order valence-electron chi connectivity index (χ3n) is 7.56. The van der Waals surface area contributed by atoms with Gasteiger partial charge in [0.25, 0.3) is 5.69 Å². The lowest BCUT2D eigenvalue weighted by Crippen LogP contribution is -2.54.